The minimum atomic E-state index is -0.355. The first-order chi connectivity index (χ1) is 9.11. The standard InChI is InChI=1S/C15H15BrFNO/c1-10-6-7-12(16)8-14(10)19-15-11(9-18-2)4-3-5-13(15)17/h3-8,18H,9H2,1-2H3. The zero-order valence-corrected chi connectivity index (χ0v) is 12.4. The van der Waals surface area contributed by atoms with Gasteiger partial charge in [-0.05, 0) is 37.7 Å². The van der Waals surface area contributed by atoms with Gasteiger partial charge in [0.15, 0.2) is 11.6 Å². The molecule has 1 N–H and O–H groups in total. The Balaban J connectivity index is 2.39. The fourth-order valence-corrected chi connectivity index (χ4v) is 2.13. The third-order valence-electron chi connectivity index (χ3n) is 2.78. The van der Waals surface area contributed by atoms with Crippen LogP contribution in [0.15, 0.2) is 40.9 Å². The molecule has 0 aliphatic rings. The summed E-state index contributed by atoms with van der Waals surface area (Å²) in [7, 11) is 1.82. The van der Waals surface area contributed by atoms with Gasteiger partial charge in [0.1, 0.15) is 5.75 Å². The van der Waals surface area contributed by atoms with Crippen molar-refractivity contribution in [1.29, 1.82) is 0 Å². The zero-order valence-electron chi connectivity index (χ0n) is 10.8. The molecule has 2 rings (SSSR count). The van der Waals surface area contributed by atoms with Gasteiger partial charge in [0.2, 0.25) is 0 Å². The second kappa shape index (κ2) is 6.17. The van der Waals surface area contributed by atoms with Crippen LogP contribution in [0, 0.1) is 12.7 Å². The van der Waals surface area contributed by atoms with Crippen molar-refractivity contribution in [2.24, 2.45) is 0 Å². The Morgan fingerprint density at radius 3 is 2.79 bits per heavy atom. The quantitative estimate of drug-likeness (QED) is 0.899. The number of ether oxygens (including phenoxy) is 1. The molecule has 0 saturated heterocycles. The van der Waals surface area contributed by atoms with Gasteiger partial charge in [-0.1, -0.05) is 34.1 Å². The van der Waals surface area contributed by atoms with E-state index >= 15 is 0 Å². The Morgan fingerprint density at radius 1 is 1.26 bits per heavy atom. The maximum atomic E-state index is 13.9. The summed E-state index contributed by atoms with van der Waals surface area (Å²) < 4.78 is 20.6. The third kappa shape index (κ3) is 3.33. The van der Waals surface area contributed by atoms with E-state index in [9.17, 15) is 4.39 Å². The van der Waals surface area contributed by atoms with E-state index in [1.807, 2.05) is 38.2 Å². The van der Waals surface area contributed by atoms with Gasteiger partial charge in [-0.25, -0.2) is 4.39 Å². The fraction of sp³-hybridized carbons (Fsp3) is 0.200. The smallest absolute Gasteiger partial charge is 0.167 e. The van der Waals surface area contributed by atoms with Crippen LogP contribution in [0.5, 0.6) is 11.5 Å². The van der Waals surface area contributed by atoms with E-state index < -0.39 is 0 Å². The van der Waals surface area contributed by atoms with E-state index in [1.54, 1.807) is 6.07 Å². The number of hydrogen-bond donors (Lipinski definition) is 1. The summed E-state index contributed by atoms with van der Waals surface area (Å²) in [6, 6.07) is 10.6. The number of rotatable bonds is 4. The molecule has 0 amide bonds. The van der Waals surface area contributed by atoms with Gasteiger partial charge in [0.05, 0.1) is 0 Å². The molecule has 2 aromatic rings. The largest absolute Gasteiger partial charge is 0.454 e. The Morgan fingerprint density at radius 2 is 2.05 bits per heavy atom. The topological polar surface area (TPSA) is 21.3 Å². The predicted octanol–water partition coefficient (Wildman–Crippen LogP) is 4.41. The Kier molecular flexibility index (Phi) is 4.56. The molecular weight excluding hydrogens is 309 g/mol. The summed E-state index contributed by atoms with van der Waals surface area (Å²) >= 11 is 3.39. The van der Waals surface area contributed by atoms with Crippen molar-refractivity contribution in [2.45, 2.75) is 13.5 Å². The predicted molar refractivity (Wildman–Crippen MR) is 78.1 cm³/mol. The highest BCUT2D eigenvalue weighted by molar-refractivity contribution is 9.10. The summed E-state index contributed by atoms with van der Waals surface area (Å²) in [5, 5.41) is 3.01. The average Bonchev–Trinajstić information content (AvgIpc) is 2.38. The van der Waals surface area contributed by atoms with Crippen LogP contribution in [0.25, 0.3) is 0 Å². The van der Waals surface area contributed by atoms with E-state index in [2.05, 4.69) is 21.2 Å². The molecule has 0 aliphatic carbocycles. The van der Waals surface area contributed by atoms with Crippen molar-refractivity contribution < 1.29 is 9.13 Å². The van der Waals surface area contributed by atoms with Crippen LogP contribution < -0.4 is 10.1 Å². The van der Waals surface area contributed by atoms with Crippen LogP contribution in [0.1, 0.15) is 11.1 Å². The first-order valence-electron chi connectivity index (χ1n) is 5.98. The second-order valence-corrected chi connectivity index (χ2v) is 5.19. The summed E-state index contributed by atoms with van der Waals surface area (Å²) in [4.78, 5) is 0. The highest BCUT2D eigenvalue weighted by Gasteiger charge is 2.12. The lowest BCUT2D eigenvalue weighted by Crippen LogP contribution is -2.07. The number of benzene rings is 2. The highest BCUT2D eigenvalue weighted by atomic mass is 79.9. The number of para-hydroxylation sites is 1. The molecule has 0 bridgehead atoms. The molecule has 0 aliphatic heterocycles. The van der Waals surface area contributed by atoms with Crippen molar-refractivity contribution in [2.75, 3.05) is 7.05 Å². The van der Waals surface area contributed by atoms with Crippen molar-refractivity contribution in [3.05, 3.63) is 57.8 Å². The van der Waals surface area contributed by atoms with Gasteiger partial charge < -0.3 is 10.1 Å². The molecule has 2 nitrogen and oxygen atoms in total. The van der Waals surface area contributed by atoms with E-state index in [4.69, 9.17) is 4.74 Å². The first kappa shape index (κ1) is 14.0. The summed E-state index contributed by atoms with van der Waals surface area (Å²) in [6.45, 7) is 2.49. The number of halogens is 2. The molecule has 0 radical (unpaired) electrons. The first-order valence-corrected chi connectivity index (χ1v) is 6.77. The normalized spacial score (nSPS) is 10.5. The molecule has 0 atom stereocenters. The van der Waals surface area contributed by atoms with Crippen molar-refractivity contribution in [3.8, 4) is 11.5 Å². The number of hydrogen-bond acceptors (Lipinski definition) is 2. The van der Waals surface area contributed by atoms with E-state index in [-0.39, 0.29) is 11.6 Å². The van der Waals surface area contributed by atoms with Gasteiger partial charge in [0.25, 0.3) is 0 Å². The average molecular weight is 324 g/mol. The lowest BCUT2D eigenvalue weighted by atomic mass is 10.2. The molecule has 0 spiro atoms. The minimum absolute atomic E-state index is 0.276. The van der Waals surface area contributed by atoms with Gasteiger partial charge in [-0.15, -0.1) is 0 Å². The molecule has 0 aromatic heterocycles. The molecule has 4 heteroatoms. The van der Waals surface area contributed by atoms with E-state index in [1.165, 1.54) is 6.07 Å². The monoisotopic (exact) mass is 323 g/mol. The van der Waals surface area contributed by atoms with Crippen LogP contribution in [0.2, 0.25) is 0 Å². The molecule has 19 heavy (non-hydrogen) atoms. The molecule has 0 heterocycles. The second-order valence-electron chi connectivity index (χ2n) is 4.27. The maximum absolute atomic E-state index is 13.9. The van der Waals surface area contributed by atoms with E-state index in [0.29, 0.717) is 12.3 Å². The zero-order chi connectivity index (χ0) is 13.8. The molecule has 100 valence electrons. The van der Waals surface area contributed by atoms with Crippen molar-refractivity contribution >= 4 is 15.9 Å². The molecular formula is C15H15BrFNO. The van der Waals surface area contributed by atoms with Crippen LogP contribution in [-0.2, 0) is 6.54 Å². The van der Waals surface area contributed by atoms with Crippen LogP contribution in [0.3, 0.4) is 0 Å². The minimum Gasteiger partial charge on any atom is -0.454 e. The van der Waals surface area contributed by atoms with E-state index in [0.717, 1.165) is 15.6 Å². The lowest BCUT2D eigenvalue weighted by molar-refractivity contribution is 0.432. The fourth-order valence-electron chi connectivity index (χ4n) is 1.79. The lowest BCUT2D eigenvalue weighted by Gasteiger charge is -2.13. The summed E-state index contributed by atoms with van der Waals surface area (Å²) in [5.74, 6) is 0.571. The summed E-state index contributed by atoms with van der Waals surface area (Å²) in [5.41, 5.74) is 1.75. The van der Waals surface area contributed by atoms with Gasteiger partial charge in [0, 0.05) is 16.6 Å². The number of nitrogens with one attached hydrogen (secondary N) is 1. The Hall–Kier alpha value is -1.39. The highest BCUT2D eigenvalue weighted by Crippen LogP contribution is 2.32. The van der Waals surface area contributed by atoms with Crippen molar-refractivity contribution in [1.82, 2.24) is 5.32 Å². The summed E-state index contributed by atoms with van der Waals surface area (Å²) in [6.07, 6.45) is 0. The SMILES string of the molecule is CNCc1cccc(F)c1Oc1cc(Br)ccc1C. The third-order valence-corrected chi connectivity index (χ3v) is 3.27. The Bertz CT molecular complexity index is 586. The van der Waals surface area contributed by atoms with Gasteiger partial charge >= 0.3 is 0 Å². The molecule has 2 aromatic carbocycles. The molecule has 0 saturated carbocycles. The van der Waals surface area contributed by atoms with Crippen LogP contribution >= 0.6 is 15.9 Å². The van der Waals surface area contributed by atoms with Crippen LogP contribution in [-0.4, -0.2) is 7.05 Å². The molecule has 0 unspecified atom stereocenters. The maximum Gasteiger partial charge on any atom is 0.167 e. The Labute approximate surface area is 120 Å². The van der Waals surface area contributed by atoms with Gasteiger partial charge in [-0.2, -0.15) is 0 Å². The van der Waals surface area contributed by atoms with Gasteiger partial charge in [-0.3, -0.25) is 0 Å². The number of aryl methyl sites for hydroxylation is 1. The van der Waals surface area contributed by atoms with Crippen LogP contribution in [0.4, 0.5) is 4.39 Å². The molecule has 0 fully saturated rings. The van der Waals surface area contributed by atoms with Crippen molar-refractivity contribution in [3.63, 3.8) is 0 Å².